The van der Waals surface area contributed by atoms with E-state index < -0.39 is 0 Å². The number of anilines is 1. The number of hydrogen-bond donors (Lipinski definition) is 0. The summed E-state index contributed by atoms with van der Waals surface area (Å²) in [5, 5.41) is 0. The van der Waals surface area contributed by atoms with Gasteiger partial charge in [-0.2, -0.15) is 0 Å². The number of rotatable bonds is 3. The normalized spacial score (nSPS) is 10.4. The quantitative estimate of drug-likeness (QED) is 0.854. The number of pyridine rings is 1. The standard InChI is InChI=1S/C14H14BrFN2/c1-10-4-3-5-11(6-10)9-18(2)14-13(16)7-12(15)8-17-14/h3-8H,9H2,1-2H3. The second-order valence-electron chi connectivity index (χ2n) is 4.30. The van der Waals surface area contributed by atoms with Gasteiger partial charge in [-0.3, -0.25) is 0 Å². The van der Waals surface area contributed by atoms with E-state index in [2.05, 4.69) is 27.0 Å². The minimum Gasteiger partial charge on any atom is -0.353 e. The van der Waals surface area contributed by atoms with E-state index in [0.29, 0.717) is 16.8 Å². The third kappa shape index (κ3) is 3.07. The van der Waals surface area contributed by atoms with Crippen LogP contribution in [0.4, 0.5) is 10.2 Å². The molecule has 0 N–H and O–H groups in total. The Balaban J connectivity index is 2.19. The minimum absolute atomic E-state index is 0.320. The Bertz CT molecular complexity index is 557. The summed E-state index contributed by atoms with van der Waals surface area (Å²) in [6.45, 7) is 2.68. The highest BCUT2D eigenvalue weighted by atomic mass is 79.9. The van der Waals surface area contributed by atoms with Crippen molar-refractivity contribution in [2.45, 2.75) is 13.5 Å². The summed E-state index contributed by atoms with van der Waals surface area (Å²) in [6, 6.07) is 9.59. The average molecular weight is 309 g/mol. The molecule has 0 saturated heterocycles. The lowest BCUT2D eigenvalue weighted by Crippen LogP contribution is -2.19. The molecule has 0 aliphatic carbocycles. The van der Waals surface area contributed by atoms with Crippen LogP contribution in [0.15, 0.2) is 41.0 Å². The molecule has 0 bridgehead atoms. The molecule has 18 heavy (non-hydrogen) atoms. The van der Waals surface area contributed by atoms with Crippen LogP contribution in [0.5, 0.6) is 0 Å². The largest absolute Gasteiger partial charge is 0.353 e. The zero-order valence-electron chi connectivity index (χ0n) is 10.3. The number of benzene rings is 1. The molecule has 0 amide bonds. The van der Waals surface area contributed by atoms with Crippen LogP contribution in [0.1, 0.15) is 11.1 Å². The Hall–Kier alpha value is -1.42. The van der Waals surface area contributed by atoms with E-state index in [1.807, 2.05) is 32.2 Å². The Morgan fingerprint density at radius 1 is 1.33 bits per heavy atom. The summed E-state index contributed by atoms with van der Waals surface area (Å²) in [4.78, 5) is 5.90. The first-order valence-electron chi connectivity index (χ1n) is 5.64. The average Bonchev–Trinajstić information content (AvgIpc) is 2.28. The number of halogens is 2. The van der Waals surface area contributed by atoms with E-state index in [1.54, 1.807) is 11.1 Å². The molecule has 94 valence electrons. The van der Waals surface area contributed by atoms with Gasteiger partial charge < -0.3 is 4.90 Å². The molecule has 0 atom stereocenters. The highest BCUT2D eigenvalue weighted by molar-refractivity contribution is 9.10. The fourth-order valence-electron chi connectivity index (χ4n) is 1.85. The van der Waals surface area contributed by atoms with Crippen molar-refractivity contribution in [1.29, 1.82) is 0 Å². The van der Waals surface area contributed by atoms with Crippen molar-refractivity contribution in [3.8, 4) is 0 Å². The highest BCUT2D eigenvalue weighted by Crippen LogP contribution is 2.20. The summed E-state index contributed by atoms with van der Waals surface area (Å²) >= 11 is 3.20. The van der Waals surface area contributed by atoms with Crippen LogP contribution in [-0.4, -0.2) is 12.0 Å². The van der Waals surface area contributed by atoms with Gasteiger partial charge in [-0.1, -0.05) is 29.8 Å². The predicted molar refractivity (Wildman–Crippen MR) is 75.2 cm³/mol. The molecule has 2 aromatic rings. The monoisotopic (exact) mass is 308 g/mol. The second-order valence-corrected chi connectivity index (χ2v) is 5.22. The molecule has 0 aliphatic heterocycles. The smallest absolute Gasteiger partial charge is 0.166 e. The zero-order valence-corrected chi connectivity index (χ0v) is 11.9. The third-order valence-electron chi connectivity index (χ3n) is 2.65. The number of nitrogens with zero attached hydrogens (tertiary/aromatic N) is 2. The fourth-order valence-corrected chi connectivity index (χ4v) is 2.15. The topological polar surface area (TPSA) is 16.1 Å². The van der Waals surface area contributed by atoms with Gasteiger partial charge in [0.2, 0.25) is 0 Å². The van der Waals surface area contributed by atoms with Gasteiger partial charge in [0.1, 0.15) is 0 Å². The maximum absolute atomic E-state index is 13.7. The summed E-state index contributed by atoms with van der Waals surface area (Å²) in [6.07, 6.45) is 1.60. The van der Waals surface area contributed by atoms with Crippen molar-refractivity contribution in [1.82, 2.24) is 4.98 Å². The van der Waals surface area contributed by atoms with Gasteiger partial charge in [0.05, 0.1) is 0 Å². The first-order chi connectivity index (χ1) is 8.56. The van der Waals surface area contributed by atoms with E-state index in [-0.39, 0.29) is 5.82 Å². The maximum Gasteiger partial charge on any atom is 0.166 e. The number of aryl methyl sites for hydroxylation is 1. The molecule has 0 saturated carbocycles. The van der Waals surface area contributed by atoms with Crippen LogP contribution >= 0.6 is 15.9 Å². The van der Waals surface area contributed by atoms with Crippen LogP contribution in [0.25, 0.3) is 0 Å². The molecule has 1 aromatic heterocycles. The van der Waals surface area contributed by atoms with Gasteiger partial charge >= 0.3 is 0 Å². The SMILES string of the molecule is Cc1cccc(CN(C)c2ncc(Br)cc2F)c1. The first-order valence-corrected chi connectivity index (χ1v) is 6.43. The maximum atomic E-state index is 13.7. The second kappa shape index (κ2) is 5.48. The van der Waals surface area contributed by atoms with Crippen molar-refractivity contribution in [3.05, 3.63) is 57.9 Å². The van der Waals surface area contributed by atoms with Crippen molar-refractivity contribution in [3.63, 3.8) is 0 Å². The highest BCUT2D eigenvalue weighted by Gasteiger charge is 2.10. The van der Waals surface area contributed by atoms with Gasteiger partial charge in [-0.25, -0.2) is 9.37 Å². The zero-order chi connectivity index (χ0) is 13.1. The van der Waals surface area contributed by atoms with Crippen LogP contribution in [0.3, 0.4) is 0 Å². The molecular formula is C14H14BrFN2. The molecule has 4 heteroatoms. The van der Waals surface area contributed by atoms with Gasteiger partial charge in [-0.05, 0) is 34.5 Å². The molecule has 0 aliphatic rings. The summed E-state index contributed by atoms with van der Waals surface area (Å²) in [7, 11) is 1.83. The molecule has 0 radical (unpaired) electrons. The van der Waals surface area contributed by atoms with Gasteiger partial charge in [-0.15, -0.1) is 0 Å². The number of aromatic nitrogens is 1. The summed E-state index contributed by atoms with van der Waals surface area (Å²) in [5.41, 5.74) is 2.34. The summed E-state index contributed by atoms with van der Waals surface area (Å²) < 4.78 is 14.4. The third-order valence-corrected chi connectivity index (χ3v) is 3.09. The molecule has 2 rings (SSSR count). The number of hydrogen-bond acceptors (Lipinski definition) is 2. The van der Waals surface area contributed by atoms with Gasteiger partial charge in [0.25, 0.3) is 0 Å². The molecule has 0 unspecified atom stereocenters. The predicted octanol–water partition coefficient (Wildman–Crippen LogP) is 3.93. The molecule has 0 fully saturated rings. The van der Waals surface area contributed by atoms with Gasteiger partial charge in [0, 0.05) is 24.3 Å². The molecule has 1 heterocycles. The van der Waals surface area contributed by atoms with Crippen molar-refractivity contribution >= 4 is 21.7 Å². The van der Waals surface area contributed by atoms with Crippen molar-refractivity contribution in [2.75, 3.05) is 11.9 Å². The summed E-state index contributed by atoms with van der Waals surface area (Å²) in [5.74, 6) is 0.0410. The van der Waals surface area contributed by atoms with Crippen molar-refractivity contribution in [2.24, 2.45) is 0 Å². The van der Waals surface area contributed by atoms with E-state index in [9.17, 15) is 4.39 Å². The van der Waals surface area contributed by atoms with Crippen LogP contribution < -0.4 is 4.90 Å². The Morgan fingerprint density at radius 3 is 2.78 bits per heavy atom. The molecule has 2 nitrogen and oxygen atoms in total. The Kier molecular flexibility index (Phi) is 3.97. The fraction of sp³-hybridized carbons (Fsp3) is 0.214. The van der Waals surface area contributed by atoms with Gasteiger partial charge in [0.15, 0.2) is 11.6 Å². The lowest BCUT2D eigenvalue weighted by Gasteiger charge is -2.19. The molecular weight excluding hydrogens is 295 g/mol. The minimum atomic E-state index is -0.320. The van der Waals surface area contributed by atoms with E-state index >= 15 is 0 Å². The Morgan fingerprint density at radius 2 is 2.11 bits per heavy atom. The van der Waals surface area contributed by atoms with E-state index in [1.165, 1.54) is 11.6 Å². The van der Waals surface area contributed by atoms with Crippen molar-refractivity contribution < 1.29 is 4.39 Å². The molecule has 0 spiro atoms. The van der Waals surface area contributed by atoms with Crippen LogP contribution in [0, 0.1) is 12.7 Å². The lowest BCUT2D eigenvalue weighted by molar-refractivity contribution is 0.613. The Labute approximate surface area is 115 Å². The first kappa shape index (κ1) is 13.0. The van der Waals surface area contributed by atoms with Crippen LogP contribution in [0.2, 0.25) is 0 Å². The van der Waals surface area contributed by atoms with E-state index in [0.717, 1.165) is 5.56 Å². The lowest BCUT2D eigenvalue weighted by atomic mass is 10.1. The molecule has 1 aromatic carbocycles. The van der Waals surface area contributed by atoms with Crippen LogP contribution in [-0.2, 0) is 6.54 Å². The van der Waals surface area contributed by atoms with E-state index in [4.69, 9.17) is 0 Å².